The van der Waals surface area contributed by atoms with Gasteiger partial charge in [-0.15, -0.1) is 0 Å². The van der Waals surface area contributed by atoms with Crippen molar-refractivity contribution in [3.05, 3.63) is 35.9 Å². The molecule has 0 spiro atoms. The number of carbonyl (C=O) groups excluding carboxylic acids is 1. The van der Waals surface area contributed by atoms with E-state index in [-0.39, 0.29) is 23.7 Å². The van der Waals surface area contributed by atoms with Crippen molar-refractivity contribution in [1.82, 2.24) is 9.21 Å². The maximum Gasteiger partial charge on any atom is 0.219 e. The molecular formula is C17H24N2O4S. The summed E-state index contributed by atoms with van der Waals surface area (Å²) in [6.45, 7) is 4.15. The highest BCUT2D eigenvalue weighted by Gasteiger charge is 2.37. The van der Waals surface area contributed by atoms with Crippen molar-refractivity contribution >= 4 is 15.9 Å². The monoisotopic (exact) mass is 352 g/mol. The fourth-order valence-electron chi connectivity index (χ4n) is 3.44. The largest absolute Gasteiger partial charge is 0.375 e. The highest BCUT2D eigenvalue weighted by atomic mass is 32.2. The lowest BCUT2D eigenvalue weighted by Crippen LogP contribution is -2.49. The molecule has 0 bridgehead atoms. The second-order valence-electron chi connectivity index (χ2n) is 6.52. The van der Waals surface area contributed by atoms with E-state index in [0.717, 1.165) is 12.0 Å². The smallest absolute Gasteiger partial charge is 0.219 e. The SMILES string of the molecule is CC(=O)N1CCO[C@H]2CN(S(=O)(=O)Cc3ccccc3)CC[C@@H]2C1. The van der Waals surface area contributed by atoms with E-state index in [9.17, 15) is 13.2 Å². The maximum atomic E-state index is 12.7. The number of ether oxygens (including phenoxy) is 1. The summed E-state index contributed by atoms with van der Waals surface area (Å²) in [4.78, 5) is 13.4. The van der Waals surface area contributed by atoms with E-state index in [0.29, 0.717) is 32.8 Å². The molecule has 2 heterocycles. The van der Waals surface area contributed by atoms with E-state index in [4.69, 9.17) is 4.74 Å². The van der Waals surface area contributed by atoms with Gasteiger partial charge in [0.2, 0.25) is 15.9 Å². The minimum atomic E-state index is -3.36. The number of benzene rings is 1. The number of carbonyl (C=O) groups is 1. The van der Waals surface area contributed by atoms with Crippen molar-refractivity contribution in [2.75, 3.05) is 32.8 Å². The Balaban J connectivity index is 1.67. The van der Waals surface area contributed by atoms with Crippen LogP contribution in [0.25, 0.3) is 0 Å². The third-order valence-corrected chi connectivity index (χ3v) is 6.65. The van der Waals surface area contributed by atoms with Gasteiger partial charge in [0.15, 0.2) is 0 Å². The van der Waals surface area contributed by atoms with Gasteiger partial charge in [-0.25, -0.2) is 8.42 Å². The lowest BCUT2D eigenvalue weighted by Gasteiger charge is -2.37. The number of sulfonamides is 1. The lowest BCUT2D eigenvalue weighted by atomic mass is 9.94. The van der Waals surface area contributed by atoms with E-state index in [2.05, 4.69) is 0 Å². The van der Waals surface area contributed by atoms with Crippen LogP contribution in [-0.4, -0.2) is 62.4 Å². The average Bonchev–Trinajstić information content (AvgIpc) is 2.77. The summed E-state index contributed by atoms with van der Waals surface area (Å²) in [5.41, 5.74) is 0.796. The molecule has 0 unspecified atom stereocenters. The van der Waals surface area contributed by atoms with Crippen LogP contribution in [0.4, 0.5) is 0 Å². The topological polar surface area (TPSA) is 66.9 Å². The molecule has 0 aromatic heterocycles. The number of amides is 1. The molecule has 6 nitrogen and oxygen atoms in total. The molecule has 0 N–H and O–H groups in total. The van der Waals surface area contributed by atoms with Crippen LogP contribution in [0, 0.1) is 5.92 Å². The zero-order chi connectivity index (χ0) is 17.2. The summed E-state index contributed by atoms with van der Waals surface area (Å²) in [5, 5.41) is 0. The number of hydrogen-bond acceptors (Lipinski definition) is 4. The van der Waals surface area contributed by atoms with Crippen LogP contribution in [0.5, 0.6) is 0 Å². The minimum Gasteiger partial charge on any atom is -0.375 e. The normalized spacial score (nSPS) is 25.8. The van der Waals surface area contributed by atoms with Gasteiger partial charge in [0.05, 0.1) is 18.5 Å². The summed E-state index contributed by atoms with van der Waals surface area (Å²) < 4.78 is 32.8. The predicted octanol–water partition coefficient (Wildman–Crippen LogP) is 1.09. The summed E-state index contributed by atoms with van der Waals surface area (Å²) in [6, 6.07) is 9.24. The highest BCUT2D eigenvalue weighted by Crippen LogP contribution is 2.26. The predicted molar refractivity (Wildman–Crippen MR) is 90.7 cm³/mol. The summed E-state index contributed by atoms with van der Waals surface area (Å²) in [7, 11) is -3.36. The van der Waals surface area contributed by atoms with Gasteiger partial charge in [-0.3, -0.25) is 4.79 Å². The van der Waals surface area contributed by atoms with Gasteiger partial charge in [-0.1, -0.05) is 30.3 Å². The van der Waals surface area contributed by atoms with E-state index >= 15 is 0 Å². The molecule has 1 aromatic rings. The van der Waals surface area contributed by atoms with Crippen LogP contribution in [0.2, 0.25) is 0 Å². The van der Waals surface area contributed by atoms with Gasteiger partial charge < -0.3 is 9.64 Å². The fraction of sp³-hybridized carbons (Fsp3) is 0.588. The molecule has 0 saturated carbocycles. The first-order valence-electron chi connectivity index (χ1n) is 8.34. The van der Waals surface area contributed by atoms with Crippen LogP contribution in [-0.2, 0) is 25.3 Å². The molecule has 24 heavy (non-hydrogen) atoms. The Morgan fingerprint density at radius 3 is 2.67 bits per heavy atom. The molecule has 7 heteroatoms. The van der Waals surface area contributed by atoms with E-state index < -0.39 is 10.0 Å². The molecule has 2 aliphatic heterocycles. The van der Waals surface area contributed by atoms with Gasteiger partial charge in [-0.05, 0) is 12.0 Å². The Bertz CT molecular complexity index is 677. The molecule has 2 aliphatic rings. The molecule has 2 fully saturated rings. The van der Waals surface area contributed by atoms with Gasteiger partial charge in [0, 0.05) is 39.0 Å². The second-order valence-corrected chi connectivity index (χ2v) is 8.49. The average molecular weight is 352 g/mol. The Morgan fingerprint density at radius 2 is 1.96 bits per heavy atom. The van der Waals surface area contributed by atoms with Gasteiger partial charge in [0.1, 0.15) is 0 Å². The van der Waals surface area contributed by atoms with E-state index in [1.54, 1.807) is 16.1 Å². The Labute approximate surface area is 143 Å². The van der Waals surface area contributed by atoms with Crippen molar-refractivity contribution in [3.63, 3.8) is 0 Å². The zero-order valence-corrected chi connectivity index (χ0v) is 14.7. The molecule has 1 amide bonds. The van der Waals surface area contributed by atoms with Crippen molar-refractivity contribution in [2.24, 2.45) is 5.92 Å². The molecule has 132 valence electrons. The first-order valence-corrected chi connectivity index (χ1v) is 9.95. The lowest BCUT2D eigenvalue weighted by molar-refractivity contribution is -0.129. The molecule has 2 saturated heterocycles. The van der Waals surface area contributed by atoms with Gasteiger partial charge >= 0.3 is 0 Å². The van der Waals surface area contributed by atoms with Crippen LogP contribution < -0.4 is 0 Å². The van der Waals surface area contributed by atoms with Crippen LogP contribution in [0.1, 0.15) is 18.9 Å². The van der Waals surface area contributed by atoms with Crippen molar-refractivity contribution in [2.45, 2.75) is 25.2 Å². The van der Waals surface area contributed by atoms with E-state index in [1.807, 2.05) is 30.3 Å². The Kier molecular flexibility index (Phi) is 5.22. The first kappa shape index (κ1) is 17.4. The molecule has 0 radical (unpaired) electrons. The van der Waals surface area contributed by atoms with E-state index in [1.165, 1.54) is 0 Å². The van der Waals surface area contributed by atoms with Gasteiger partial charge in [-0.2, -0.15) is 4.31 Å². The minimum absolute atomic E-state index is 0.0186. The Morgan fingerprint density at radius 1 is 1.21 bits per heavy atom. The fourth-order valence-corrected chi connectivity index (χ4v) is 4.99. The third kappa shape index (κ3) is 3.96. The molecular weight excluding hydrogens is 328 g/mol. The van der Waals surface area contributed by atoms with Crippen molar-refractivity contribution < 1.29 is 17.9 Å². The highest BCUT2D eigenvalue weighted by molar-refractivity contribution is 7.88. The van der Waals surface area contributed by atoms with Crippen molar-refractivity contribution in [3.8, 4) is 0 Å². The second kappa shape index (κ2) is 7.21. The number of hydrogen-bond donors (Lipinski definition) is 0. The molecule has 1 aromatic carbocycles. The zero-order valence-electron chi connectivity index (χ0n) is 13.9. The number of fused-ring (bicyclic) bond motifs is 1. The number of piperidine rings is 1. The molecule has 0 aliphatic carbocycles. The first-order chi connectivity index (χ1) is 11.5. The summed E-state index contributed by atoms with van der Waals surface area (Å²) in [5.74, 6) is 0.281. The molecule has 3 rings (SSSR count). The number of rotatable bonds is 3. The maximum absolute atomic E-state index is 12.7. The van der Waals surface area contributed by atoms with Crippen LogP contribution in [0.15, 0.2) is 30.3 Å². The standard InChI is InChI=1S/C17H24N2O4S/c1-14(20)18-9-10-23-17-12-19(8-7-16(17)11-18)24(21,22)13-15-5-3-2-4-6-15/h2-6,16-17H,7-13H2,1H3/t16-,17+/m1/s1. The Hall–Kier alpha value is -1.44. The quantitative estimate of drug-likeness (QED) is 0.817. The van der Waals surface area contributed by atoms with Crippen molar-refractivity contribution in [1.29, 1.82) is 0 Å². The third-order valence-electron chi connectivity index (χ3n) is 4.84. The van der Waals surface area contributed by atoms with Crippen LogP contribution >= 0.6 is 0 Å². The summed E-state index contributed by atoms with van der Waals surface area (Å²) in [6.07, 6.45) is 0.594. The van der Waals surface area contributed by atoms with Crippen LogP contribution in [0.3, 0.4) is 0 Å². The molecule has 2 atom stereocenters. The van der Waals surface area contributed by atoms with Gasteiger partial charge in [0.25, 0.3) is 0 Å². The number of nitrogens with zero attached hydrogens (tertiary/aromatic N) is 2. The summed E-state index contributed by atoms with van der Waals surface area (Å²) >= 11 is 0.